The molecule has 20 heavy (non-hydrogen) atoms. The predicted molar refractivity (Wildman–Crippen MR) is 72.1 cm³/mol. The molecule has 106 valence electrons. The van der Waals surface area contributed by atoms with Crippen LogP contribution in [0.15, 0.2) is 24.5 Å². The van der Waals surface area contributed by atoms with Gasteiger partial charge in [-0.15, -0.1) is 5.10 Å². The zero-order valence-corrected chi connectivity index (χ0v) is 11.7. The zero-order chi connectivity index (χ0) is 14.5. The fourth-order valence-electron chi connectivity index (χ4n) is 1.96. The Morgan fingerprint density at radius 2 is 2.30 bits per heavy atom. The van der Waals surface area contributed by atoms with Crippen molar-refractivity contribution in [1.82, 2.24) is 25.5 Å². The van der Waals surface area contributed by atoms with Crippen LogP contribution in [0.1, 0.15) is 24.1 Å². The van der Waals surface area contributed by atoms with E-state index in [1.165, 1.54) is 11.0 Å². The van der Waals surface area contributed by atoms with Crippen LogP contribution in [0, 0.1) is 6.92 Å². The van der Waals surface area contributed by atoms with Gasteiger partial charge in [0.15, 0.2) is 0 Å². The van der Waals surface area contributed by atoms with E-state index in [-0.39, 0.29) is 18.5 Å². The lowest BCUT2D eigenvalue weighted by atomic mass is 10.0. The van der Waals surface area contributed by atoms with Gasteiger partial charge in [-0.2, -0.15) is 0 Å². The molecule has 0 bridgehead atoms. The van der Waals surface area contributed by atoms with Crippen molar-refractivity contribution in [3.63, 3.8) is 0 Å². The molecule has 0 saturated heterocycles. The Balaban J connectivity index is 2.06. The molecule has 1 heterocycles. The largest absolute Gasteiger partial charge is 0.496 e. The maximum absolute atomic E-state index is 11.9. The number of benzene rings is 1. The van der Waals surface area contributed by atoms with E-state index in [0.717, 1.165) is 16.9 Å². The number of rotatable bonds is 5. The van der Waals surface area contributed by atoms with Crippen molar-refractivity contribution in [3.05, 3.63) is 35.7 Å². The van der Waals surface area contributed by atoms with Gasteiger partial charge in [0.1, 0.15) is 18.6 Å². The Bertz CT molecular complexity index is 582. The lowest BCUT2D eigenvalue weighted by Gasteiger charge is -2.17. The molecule has 1 amide bonds. The molecule has 0 fully saturated rings. The van der Waals surface area contributed by atoms with Crippen molar-refractivity contribution in [3.8, 4) is 5.75 Å². The summed E-state index contributed by atoms with van der Waals surface area (Å²) in [5, 5.41) is 13.5. The van der Waals surface area contributed by atoms with E-state index < -0.39 is 0 Å². The Hall–Kier alpha value is -2.44. The van der Waals surface area contributed by atoms with Gasteiger partial charge in [0.25, 0.3) is 0 Å². The highest BCUT2D eigenvalue weighted by atomic mass is 16.5. The average molecular weight is 275 g/mol. The molecular weight excluding hydrogens is 258 g/mol. The second kappa shape index (κ2) is 6.14. The first-order valence-electron chi connectivity index (χ1n) is 6.25. The molecule has 0 spiro atoms. The van der Waals surface area contributed by atoms with Crippen LogP contribution in [-0.4, -0.2) is 33.2 Å². The number of hydrogen-bond donors (Lipinski definition) is 1. The van der Waals surface area contributed by atoms with Crippen LogP contribution in [0.3, 0.4) is 0 Å². The number of carbonyl (C=O) groups is 1. The molecule has 2 aromatic rings. The topological polar surface area (TPSA) is 81.9 Å². The smallest absolute Gasteiger partial charge is 0.242 e. The SMILES string of the molecule is COc1ccc(C)cc1C(C)NC(=O)Cn1cnnn1. The number of aromatic nitrogens is 4. The zero-order valence-electron chi connectivity index (χ0n) is 11.7. The Morgan fingerprint density at radius 1 is 1.50 bits per heavy atom. The second-order valence-corrected chi connectivity index (χ2v) is 4.54. The number of tetrazole rings is 1. The first-order valence-corrected chi connectivity index (χ1v) is 6.25. The first kappa shape index (κ1) is 14.0. The molecule has 1 N–H and O–H groups in total. The number of nitrogens with one attached hydrogen (secondary N) is 1. The molecular formula is C13H17N5O2. The van der Waals surface area contributed by atoms with E-state index in [9.17, 15) is 4.79 Å². The number of ether oxygens (including phenoxy) is 1. The summed E-state index contributed by atoms with van der Waals surface area (Å²) in [6.07, 6.45) is 1.40. The van der Waals surface area contributed by atoms with Gasteiger partial charge in [0.2, 0.25) is 5.91 Å². The number of hydrogen-bond acceptors (Lipinski definition) is 5. The molecule has 0 saturated carbocycles. The molecule has 0 aliphatic carbocycles. The van der Waals surface area contributed by atoms with E-state index in [4.69, 9.17) is 4.74 Å². The van der Waals surface area contributed by atoms with E-state index >= 15 is 0 Å². The summed E-state index contributed by atoms with van der Waals surface area (Å²) >= 11 is 0. The van der Waals surface area contributed by atoms with Gasteiger partial charge in [-0.05, 0) is 30.3 Å². The predicted octanol–water partition coefficient (Wildman–Crippen LogP) is 0.868. The van der Waals surface area contributed by atoms with Gasteiger partial charge >= 0.3 is 0 Å². The third-order valence-corrected chi connectivity index (χ3v) is 2.93. The number of methoxy groups -OCH3 is 1. The maximum atomic E-state index is 11.9. The number of nitrogens with zero attached hydrogens (tertiary/aromatic N) is 4. The van der Waals surface area contributed by atoms with Crippen LogP contribution in [0.5, 0.6) is 5.75 Å². The van der Waals surface area contributed by atoms with Crippen molar-refractivity contribution >= 4 is 5.91 Å². The highest BCUT2D eigenvalue weighted by Gasteiger charge is 2.14. The van der Waals surface area contributed by atoms with Crippen LogP contribution in [0.2, 0.25) is 0 Å². The summed E-state index contributed by atoms with van der Waals surface area (Å²) in [5.74, 6) is 0.596. The lowest BCUT2D eigenvalue weighted by Crippen LogP contribution is -2.30. The maximum Gasteiger partial charge on any atom is 0.242 e. The highest BCUT2D eigenvalue weighted by molar-refractivity contribution is 5.76. The molecule has 1 aromatic carbocycles. The number of aryl methyl sites for hydroxylation is 1. The van der Waals surface area contributed by atoms with E-state index in [0.29, 0.717) is 0 Å². The summed E-state index contributed by atoms with van der Waals surface area (Å²) < 4.78 is 6.69. The fourth-order valence-corrected chi connectivity index (χ4v) is 1.96. The average Bonchev–Trinajstić information content (AvgIpc) is 2.91. The van der Waals surface area contributed by atoms with Crippen LogP contribution in [-0.2, 0) is 11.3 Å². The molecule has 0 aliphatic rings. The minimum Gasteiger partial charge on any atom is -0.496 e. The highest BCUT2D eigenvalue weighted by Crippen LogP contribution is 2.25. The van der Waals surface area contributed by atoms with Crippen molar-refractivity contribution in [1.29, 1.82) is 0 Å². The van der Waals surface area contributed by atoms with Crippen LogP contribution >= 0.6 is 0 Å². The van der Waals surface area contributed by atoms with Crippen molar-refractivity contribution in [2.45, 2.75) is 26.4 Å². The molecule has 0 radical (unpaired) electrons. The van der Waals surface area contributed by atoms with Gasteiger partial charge in [-0.25, -0.2) is 4.68 Å². The molecule has 1 unspecified atom stereocenters. The van der Waals surface area contributed by atoms with Crippen molar-refractivity contribution in [2.24, 2.45) is 0 Å². The van der Waals surface area contributed by atoms with Crippen LogP contribution < -0.4 is 10.1 Å². The quantitative estimate of drug-likeness (QED) is 0.875. The van der Waals surface area contributed by atoms with Gasteiger partial charge in [0, 0.05) is 5.56 Å². The monoisotopic (exact) mass is 275 g/mol. The van der Waals surface area contributed by atoms with E-state index in [1.807, 2.05) is 32.0 Å². The minimum atomic E-state index is -0.159. The molecule has 1 aromatic heterocycles. The Morgan fingerprint density at radius 3 is 2.95 bits per heavy atom. The third-order valence-electron chi connectivity index (χ3n) is 2.93. The summed E-state index contributed by atoms with van der Waals surface area (Å²) in [6.45, 7) is 4.00. The third kappa shape index (κ3) is 3.31. The van der Waals surface area contributed by atoms with Gasteiger partial charge in [0.05, 0.1) is 13.2 Å². The van der Waals surface area contributed by atoms with Gasteiger partial charge in [-0.1, -0.05) is 17.7 Å². The first-order chi connectivity index (χ1) is 9.60. The summed E-state index contributed by atoms with van der Waals surface area (Å²) in [5.41, 5.74) is 2.06. The summed E-state index contributed by atoms with van der Waals surface area (Å²) in [4.78, 5) is 11.9. The van der Waals surface area contributed by atoms with Crippen molar-refractivity contribution < 1.29 is 9.53 Å². The van der Waals surface area contributed by atoms with Crippen LogP contribution in [0.25, 0.3) is 0 Å². The Kier molecular flexibility index (Phi) is 4.29. The molecule has 0 aliphatic heterocycles. The van der Waals surface area contributed by atoms with Gasteiger partial charge in [-0.3, -0.25) is 4.79 Å². The Labute approximate surface area is 116 Å². The molecule has 7 nitrogen and oxygen atoms in total. The van der Waals surface area contributed by atoms with Gasteiger partial charge < -0.3 is 10.1 Å². The van der Waals surface area contributed by atoms with E-state index in [2.05, 4.69) is 20.8 Å². The fraction of sp³-hybridized carbons (Fsp3) is 0.385. The number of carbonyl (C=O) groups excluding carboxylic acids is 1. The molecule has 7 heteroatoms. The summed E-state index contributed by atoms with van der Waals surface area (Å²) in [6, 6.07) is 5.71. The molecule has 2 rings (SSSR count). The number of amides is 1. The standard InChI is InChI=1S/C13H17N5O2/c1-9-4-5-12(20-3)11(6-9)10(2)15-13(19)7-18-8-14-16-17-18/h4-6,8,10H,7H2,1-3H3,(H,15,19). The lowest BCUT2D eigenvalue weighted by molar-refractivity contribution is -0.122. The summed E-state index contributed by atoms with van der Waals surface area (Å²) in [7, 11) is 1.61. The normalized spacial score (nSPS) is 11.9. The minimum absolute atomic E-state index is 0.0888. The van der Waals surface area contributed by atoms with E-state index in [1.54, 1.807) is 7.11 Å². The second-order valence-electron chi connectivity index (χ2n) is 4.54. The van der Waals surface area contributed by atoms with Crippen LogP contribution in [0.4, 0.5) is 0 Å². The van der Waals surface area contributed by atoms with Crippen molar-refractivity contribution in [2.75, 3.05) is 7.11 Å². The molecule has 1 atom stereocenters.